The molecule has 34 heavy (non-hydrogen) atoms. The van der Waals surface area contributed by atoms with Crippen molar-refractivity contribution in [3.63, 3.8) is 0 Å². The van der Waals surface area contributed by atoms with Crippen molar-refractivity contribution < 1.29 is 4.79 Å². The minimum atomic E-state index is -0.173. The van der Waals surface area contributed by atoms with Gasteiger partial charge >= 0.3 is 6.03 Å². The molecule has 7 heteroatoms. The predicted molar refractivity (Wildman–Crippen MR) is 131 cm³/mol. The van der Waals surface area contributed by atoms with E-state index in [0.29, 0.717) is 18.2 Å². The van der Waals surface area contributed by atoms with E-state index in [-0.39, 0.29) is 22.9 Å². The molecule has 2 heterocycles. The van der Waals surface area contributed by atoms with Gasteiger partial charge in [0.05, 0.1) is 30.2 Å². The lowest BCUT2D eigenvalue weighted by Crippen LogP contribution is -2.57. The van der Waals surface area contributed by atoms with Crippen LogP contribution in [0.15, 0.2) is 42.7 Å². The molecule has 5 rings (SSSR count). The van der Waals surface area contributed by atoms with Gasteiger partial charge in [-0.1, -0.05) is 43.7 Å². The van der Waals surface area contributed by atoms with Gasteiger partial charge in [-0.25, -0.2) is 14.8 Å². The van der Waals surface area contributed by atoms with Crippen molar-refractivity contribution in [3.8, 4) is 6.07 Å². The van der Waals surface area contributed by atoms with Crippen molar-refractivity contribution in [1.82, 2.24) is 19.8 Å². The van der Waals surface area contributed by atoms with Crippen LogP contribution in [0.1, 0.15) is 63.3 Å². The fourth-order valence-corrected chi connectivity index (χ4v) is 6.22. The third-order valence-electron chi connectivity index (χ3n) is 8.73. The number of hydrogen-bond donors (Lipinski definition) is 0. The predicted octanol–water partition coefficient (Wildman–Crippen LogP) is 4.55. The highest BCUT2D eigenvalue weighted by atomic mass is 16.2. The van der Waals surface area contributed by atoms with Crippen LogP contribution < -0.4 is 4.90 Å². The average molecular weight is 459 g/mol. The second-order valence-corrected chi connectivity index (χ2v) is 10.3. The average Bonchev–Trinajstić information content (AvgIpc) is 3.13. The highest BCUT2D eigenvalue weighted by molar-refractivity contribution is 5.95. The Hall–Kier alpha value is -2.98. The van der Waals surface area contributed by atoms with Crippen molar-refractivity contribution in [2.75, 3.05) is 31.6 Å². The van der Waals surface area contributed by atoms with E-state index >= 15 is 0 Å². The van der Waals surface area contributed by atoms with Crippen LogP contribution in [-0.4, -0.2) is 58.0 Å². The lowest BCUT2D eigenvalue weighted by molar-refractivity contribution is 0.00833. The first-order chi connectivity index (χ1) is 16.5. The molecule has 2 amide bonds. The van der Waals surface area contributed by atoms with E-state index in [1.165, 1.54) is 24.8 Å². The van der Waals surface area contributed by atoms with E-state index in [4.69, 9.17) is 5.26 Å². The number of carbonyl (C=O) groups excluding carboxylic acids is 1. The van der Waals surface area contributed by atoms with E-state index in [1.54, 1.807) is 12.4 Å². The molecule has 2 aromatic rings. The monoisotopic (exact) mass is 458 g/mol. The van der Waals surface area contributed by atoms with Crippen molar-refractivity contribution >= 4 is 11.7 Å². The summed E-state index contributed by atoms with van der Waals surface area (Å²) >= 11 is 0. The van der Waals surface area contributed by atoms with E-state index in [9.17, 15) is 4.79 Å². The summed E-state index contributed by atoms with van der Waals surface area (Å²) in [6.45, 7) is 4.72. The van der Waals surface area contributed by atoms with Crippen LogP contribution in [0.3, 0.4) is 0 Å². The number of carbonyl (C=O) groups is 1. The molecule has 1 aliphatic heterocycles. The molecule has 0 atom stereocenters. The Labute approximate surface area is 202 Å². The number of rotatable bonds is 6. The Morgan fingerprint density at radius 2 is 1.79 bits per heavy atom. The zero-order valence-corrected chi connectivity index (χ0v) is 20.3. The van der Waals surface area contributed by atoms with Crippen molar-refractivity contribution in [2.45, 2.75) is 62.9 Å². The molecule has 1 saturated heterocycles. The molecule has 3 aliphatic rings. The summed E-state index contributed by atoms with van der Waals surface area (Å²) in [5.74, 6) is 0.737. The van der Waals surface area contributed by atoms with Gasteiger partial charge in [0, 0.05) is 12.1 Å². The zero-order chi connectivity index (χ0) is 23.8. The zero-order valence-electron chi connectivity index (χ0n) is 20.3. The quantitative estimate of drug-likeness (QED) is 0.635. The maximum atomic E-state index is 13.8. The summed E-state index contributed by atoms with van der Waals surface area (Å²) in [7, 11) is 2.23. The minimum absolute atomic E-state index is 0.00256. The first kappa shape index (κ1) is 22.8. The Kier molecular flexibility index (Phi) is 6.03. The second kappa shape index (κ2) is 8.99. The topological polar surface area (TPSA) is 76.4 Å². The van der Waals surface area contributed by atoms with Gasteiger partial charge in [0.15, 0.2) is 0 Å². The van der Waals surface area contributed by atoms with E-state index in [2.05, 4.69) is 64.1 Å². The molecule has 7 nitrogen and oxygen atoms in total. The van der Waals surface area contributed by atoms with Crippen molar-refractivity contribution in [1.29, 1.82) is 5.26 Å². The van der Waals surface area contributed by atoms with Crippen LogP contribution in [0, 0.1) is 17.2 Å². The molecule has 3 fully saturated rings. The van der Waals surface area contributed by atoms with Crippen LogP contribution in [-0.2, 0) is 5.54 Å². The molecular formula is C27H34N6O. The molecule has 2 saturated carbocycles. The SMILES string of the molecule is CCN(C)C1(c2ccccc2)CCC2(CC1)CN(c1cnc(C#N)nc1)C(=O)N2CC1CCC1. The van der Waals surface area contributed by atoms with Crippen LogP contribution in [0.4, 0.5) is 10.5 Å². The molecule has 2 aliphatic carbocycles. The first-order valence-corrected chi connectivity index (χ1v) is 12.6. The number of nitrogens with zero attached hydrogens (tertiary/aromatic N) is 6. The fraction of sp³-hybridized carbons (Fsp3) is 0.556. The van der Waals surface area contributed by atoms with Gasteiger partial charge in [-0.15, -0.1) is 0 Å². The molecule has 1 spiro atoms. The first-order valence-electron chi connectivity index (χ1n) is 12.6. The van der Waals surface area contributed by atoms with Gasteiger partial charge < -0.3 is 4.90 Å². The Balaban J connectivity index is 1.45. The van der Waals surface area contributed by atoms with E-state index in [1.807, 2.05) is 11.0 Å². The van der Waals surface area contributed by atoms with E-state index < -0.39 is 0 Å². The Morgan fingerprint density at radius 1 is 1.12 bits per heavy atom. The van der Waals surface area contributed by atoms with Gasteiger partial charge in [0.2, 0.25) is 5.82 Å². The maximum Gasteiger partial charge on any atom is 0.325 e. The molecule has 178 valence electrons. The third-order valence-corrected chi connectivity index (χ3v) is 8.73. The Morgan fingerprint density at radius 3 is 2.35 bits per heavy atom. The smallest absolute Gasteiger partial charge is 0.317 e. The van der Waals surface area contributed by atoms with Crippen LogP contribution in [0.2, 0.25) is 0 Å². The summed E-state index contributed by atoms with van der Waals surface area (Å²) in [6, 6.07) is 12.9. The maximum absolute atomic E-state index is 13.8. The number of urea groups is 1. The highest BCUT2D eigenvalue weighted by Gasteiger charge is 2.55. The lowest BCUT2D eigenvalue weighted by atomic mass is 9.68. The van der Waals surface area contributed by atoms with Crippen molar-refractivity contribution in [3.05, 3.63) is 54.1 Å². The molecule has 0 bridgehead atoms. The number of anilines is 1. The molecule has 0 unspecified atom stereocenters. The molecule has 0 radical (unpaired) electrons. The number of benzene rings is 1. The summed E-state index contributed by atoms with van der Waals surface area (Å²) in [4.78, 5) is 28.5. The summed E-state index contributed by atoms with van der Waals surface area (Å²) in [5.41, 5.74) is 1.89. The summed E-state index contributed by atoms with van der Waals surface area (Å²) < 4.78 is 0. The van der Waals surface area contributed by atoms with Gasteiger partial charge in [-0.05, 0) is 63.6 Å². The van der Waals surface area contributed by atoms with E-state index in [0.717, 1.165) is 38.8 Å². The van der Waals surface area contributed by atoms with Gasteiger partial charge in [-0.2, -0.15) is 5.26 Å². The van der Waals surface area contributed by atoms with Gasteiger partial charge in [0.1, 0.15) is 6.07 Å². The highest BCUT2D eigenvalue weighted by Crippen LogP contribution is 2.50. The van der Waals surface area contributed by atoms with Crippen LogP contribution in [0.25, 0.3) is 0 Å². The number of nitriles is 1. The largest absolute Gasteiger partial charge is 0.325 e. The summed E-state index contributed by atoms with van der Waals surface area (Å²) in [5, 5.41) is 9.06. The van der Waals surface area contributed by atoms with Gasteiger partial charge in [-0.3, -0.25) is 9.80 Å². The van der Waals surface area contributed by atoms with Crippen LogP contribution in [0.5, 0.6) is 0 Å². The molecular weight excluding hydrogens is 424 g/mol. The normalized spacial score (nSPS) is 27.3. The third kappa shape index (κ3) is 3.74. The lowest BCUT2D eigenvalue weighted by Gasteiger charge is -2.52. The van der Waals surface area contributed by atoms with Crippen molar-refractivity contribution in [2.24, 2.45) is 5.92 Å². The number of amides is 2. The Bertz CT molecular complexity index is 1050. The number of hydrogen-bond acceptors (Lipinski definition) is 5. The summed E-state index contributed by atoms with van der Waals surface area (Å²) in [6.07, 6.45) is 10.9. The number of aromatic nitrogens is 2. The molecule has 0 N–H and O–H groups in total. The standard InChI is InChI=1S/C27H34N6O/c1-3-31(2)27(22-10-5-4-6-11-22)14-12-26(13-15-27)20-32(23-17-29-24(16-28)30-18-23)25(34)33(26)19-21-8-7-9-21/h4-6,10-11,17-18,21H,3,7-9,12-15,19-20H2,1-2H3. The molecule has 1 aromatic carbocycles. The van der Waals surface area contributed by atoms with Crippen LogP contribution >= 0.6 is 0 Å². The fourth-order valence-electron chi connectivity index (χ4n) is 6.22. The second-order valence-electron chi connectivity index (χ2n) is 10.3. The molecule has 1 aromatic heterocycles. The van der Waals surface area contributed by atoms with Gasteiger partial charge in [0.25, 0.3) is 0 Å². The minimum Gasteiger partial charge on any atom is -0.317 e.